The van der Waals surface area contributed by atoms with Crippen LogP contribution in [0.2, 0.25) is 0 Å². The first-order valence-electron chi connectivity index (χ1n) is 8.50. The molecule has 0 saturated heterocycles. The zero-order valence-corrected chi connectivity index (χ0v) is 14.4. The van der Waals surface area contributed by atoms with Crippen LogP contribution in [-0.4, -0.2) is 19.7 Å². The highest BCUT2D eigenvalue weighted by molar-refractivity contribution is 6.00. The molecule has 0 radical (unpaired) electrons. The fourth-order valence-electron chi connectivity index (χ4n) is 3.01. The maximum absolute atomic E-state index is 12.0. The smallest absolute Gasteiger partial charge is 0.338 e. The van der Waals surface area contributed by atoms with Gasteiger partial charge in [0.1, 0.15) is 0 Å². The molecule has 0 atom stereocenters. The lowest BCUT2D eigenvalue weighted by Crippen LogP contribution is -2.00. The van der Waals surface area contributed by atoms with E-state index in [-0.39, 0.29) is 5.97 Å². The fraction of sp³-hybridized carbons (Fsp3) is 0.227. The summed E-state index contributed by atoms with van der Waals surface area (Å²) in [6, 6.07) is 22.1. The minimum atomic E-state index is -0.289. The predicted octanol–water partition coefficient (Wildman–Crippen LogP) is 4.73. The van der Waals surface area contributed by atoms with E-state index in [1.165, 1.54) is 12.7 Å². The Balaban J connectivity index is 1.63. The van der Waals surface area contributed by atoms with Gasteiger partial charge in [-0.15, -0.1) is 0 Å². The van der Waals surface area contributed by atoms with E-state index in [2.05, 4.69) is 18.2 Å². The summed E-state index contributed by atoms with van der Waals surface area (Å²) >= 11 is 0. The SMILES string of the molecule is COC(=O)c1cc(CCCOCc2ccccc2)c2cccccc1-2. The Bertz CT molecular complexity index is 796. The van der Waals surface area contributed by atoms with Gasteiger partial charge in [-0.2, -0.15) is 0 Å². The second kappa shape index (κ2) is 8.45. The molecule has 3 rings (SSSR count). The first-order chi connectivity index (χ1) is 12.3. The van der Waals surface area contributed by atoms with Crippen LogP contribution in [0.15, 0.2) is 66.7 Å². The van der Waals surface area contributed by atoms with Crippen molar-refractivity contribution in [1.29, 1.82) is 0 Å². The van der Waals surface area contributed by atoms with Crippen LogP contribution in [0.3, 0.4) is 0 Å². The topological polar surface area (TPSA) is 35.5 Å². The molecule has 0 fully saturated rings. The van der Waals surface area contributed by atoms with Crippen molar-refractivity contribution in [3.63, 3.8) is 0 Å². The van der Waals surface area contributed by atoms with Gasteiger partial charge in [-0.25, -0.2) is 4.79 Å². The van der Waals surface area contributed by atoms with E-state index in [0.717, 1.165) is 29.5 Å². The molecular formula is C22H22O3. The third-order valence-electron chi connectivity index (χ3n) is 4.24. The van der Waals surface area contributed by atoms with Gasteiger partial charge in [-0.05, 0) is 41.2 Å². The van der Waals surface area contributed by atoms with Gasteiger partial charge in [0.2, 0.25) is 0 Å². The lowest BCUT2D eigenvalue weighted by molar-refractivity contribution is 0.0602. The summed E-state index contributed by atoms with van der Waals surface area (Å²) in [5.41, 5.74) is 5.02. The first-order valence-corrected chi connectivity index (χ1v) is 8.50. The van der Waals surface area contributed by atoms with Gasteiger partial charge in [0.15, 0.2) is 0 Å². The number of esters is 1. The number of carbonyl (C=O) groups is 1. The molecule has 0 aliphatic heterocycles. The van der Waals surface area contributed by atoms with E-state index in [4.69, 9.17) is 9.47 Å². The van der Waals surface area contributed by atoms with E-state index in [1.54, 1.807) is 0 Å². The molecule has 128 valence electrons. The van der Waals surface area contributed by atoms with Crippen LogP contribution >= 0.6 is 0 Å². The maximum atomic E-state index is 12.0. The molecule has 3 heteroatoms. The third-order valence-corrected chi connectivity index (χ3v) is 4.24. The van der Waals surface area contributed by atoms with Crippen molar-refractivity contribution in [2.75, 3.05) is 13.7 Å². The van der Waals surface area contributed by atoms with Crippen LogP contribution in [-0.2, 0) is 22.5 Å². The van der Waals surface area contributed by atoms with E-state index in [0.29, 0.717) is 18.8 Å². The summed E-state index contributed by atoms with van der Waals surface area (Å²) < 4.78 is 10.7. The Hall–Kier alpha value is -2.65. The highest BCUT2D eigenvalue weighted by atomic mass is 16.5. The van der Waals surface area contributed by atoms with E-state index in [9.17, 15) is 4.79 Å². The minimum Gasteiger partial charge on any atom is -0.465 e. The summed E-state index contributed by atoms with van der Waals surface area (Å²) in [5, 5.41) is 0. The average Bonchev–Trinajstić information content (AvgIpc) is 2.82. The van der Waals surface area contributed by atoms with Crippen LogP contribution in [0.25, 0.3) is 11.1 Å². The molecule has 2 aliphatic rings. The van der Waals surface area contributed by atoms with E-state index >= 15 is 0 Å². The normalized spacial score (nSPS) is 10.8. The summed E-state index contributed by atoms with van der Waals surface area (Å²) in [4.78, 5) is 12.0. The monoisotopic (exact) mass is 334 g/mol. The summed E-state index contributed by atoms with van der Waals surface area (Å²) in [6.07, 6.45) is 1.78. The first kappa shape index (κ1) is 17.2. The molecule has 2 aliphatic carbocycles. The van der Waals surface area contributed by atoms with Gasteiger partial charge in [-0.3, -0.25) is 0 Å². The van der Waals surface area contributed by atoms with Crippen LogP contribution in [0.1, 0.15) is 27.9 Å². The van der Waals surface area contributed by atoms with Gasteiger partial charge in [0, 0.05) is 6.61 Å². The molecule has 0 amide bonds. The van der Waals surface area contributed by atoms with Crippen molar-refractivity contribution in [2.24, 2.45) is 0 Å². The Labute approximate surface area is 148 Å². The zero-order valence-electron chi connectivity index (χ0n) is 14.4. The Morgan fingerprint density at radius 3 is 2.32 bits per heavy atom. The Kier molecular flexibility index (Phi) is 5.81. The number of hydrogen-bond donors (Lipinski definition) is 0. The highest BCUT2D eigenvalue weighted by Gasteiger charge is 2.19. The molecule has 0 heterocycles. The molecule has 0 saturated carbocycles. The van der Waals surface area contributed by atoms with Crippen LogP contribution in [0.5, 0.6) is 0 Å². The van der Waals surface area contributed by atoms with Gasteiger partial charge in [0.05, 0.1) is 19.3 Å². The standard InChI is InChI=1S/C22H22O3/c1-24-22(23)21-15-18(19-12-6-3-7-13-20(19)21)11-8-14-25-16-17-9-4-2-5-10-17/h2-7,9-10,12-13,15H,8,11,14,16H2,1H3. The molecule has 0 aromatic heterocycles. The predicted molar refractivity (Wildman–Crippen MR) is 98.8 cm³/mol. The third kappa shape index (κ3) is 4.25. The summed E-state index contributed by atoms with van der Waals surface area (Å²) in [6.45, 7) is 1.32. The molecule has 1 aromatic carbocycles. The van der Waals surface area contributed by atoms with Crippen LogP contribution < -0.4 is 0 Å². The van der Waals surface area contributed by atoms with Crippen molar-refractivity contribution in [3.05, 3.63) is 83.4 Å². The second-order valence-corrected chi connectivity index (χ2v) is 5.95. The number of carbonyl (C=O) groups excluding carboxylic acids is 1. The second-order valence-electron chi connectivity index (χ2n) is 5.95. The van der Waals surface area contributed by atoms with Crippen molar-refractivity contribution in [2.45, 2.75) is 19.4 Å². The molecule has 0 bridgehead atoms. The number of aryl methyl sites for hydroxylation is 1. The Morgan fingerprint density at radius 1 is 0.920 bits per heavy atom. The lowest BCUT2D eigenvalue weighted by atomic mass is 10.1. The van der Waals surface area contributed by atoms with Crippen molar-refractivity contribution >= 4 is 5.97 Å². The molecule has 3 nitrogen and oxygen atoms in total. The Morgan fingerprint density at radius 2 is 1.60 bits per heavy atom. The summed E-state index contributed by atoms with van der Waals surface area (Å²) in [7, 11) is 1.42. The lowest BCUT2D eigenvalue weighted by Gasteiger charge is -2.05. The molecule has 25 heavy (non-hydrogen) atoms. The van der Waals surface area contributed by atoms with E-state index < -0.39 is 0 Å². The molecule has 1 aromatic rings. The molecular weight excluding hydrogens is 312 g/mol. The number of ether oxygens (including phenoxy) is 2. The zero-order chi connectivity index (χ0) is 17.5. The van der Waals surface area contributed by atoms with Crippen molar-refractivity contribution < 1.29 is 14.3 Å². The summed E-state index contributed by atoms with van der Waals surface area (Å²) in [5.74, 6) is -0.289. The number of fused-ring (bicyclic) bond motifs is 1. The van der Waals surface area contributed by atoms with Gasteiger partial charge >= 0.3 is 5.97 Å². The number of hydrogen-bond acceptors (Lipinski definition) is 3. The molecule has 0 spiro atoms. The number of rotatable bonds is 7. The largest absolute Gasteiger partial charge is 0.465 e. The van der Waals surface area contributed by atoms with Crippen molar-refractivity contribution in [1.82, 2.24) is 0 Å². The van der Waals surface area contributed by atoms with Crippen molar-refractivity contribution in [3.8, 4) is 11.1 Å². The van der Waals surface area contributed by atoms with Crippen LogP contribution in [0.4, 0.5) is 0 Å². The van der Waals surface area contributed by atoms with Gasteiger partial charge in [-0.1, -0.05) is 60.7 Å². The molecule has 0 unspecified atom stereocenters. The number of benzene rings is 1. The highest BCUT2D eigenvalue weighted by Crippen LogP contribution is 2.33. The van der Waals surface area contributed by atoms with Gasteiger partial charge < -0.3 is 9.47 Å². The van der Waals surface area contributed by atoms with E-state index in [1.807, 2.05) is 48.5 Å². The molecule has 0 N–H and O–H groups in total. The number of methoxy groups -OCH3 is 1. The van der Waals surface area contributed by atoms with Gasteiger partial charge in [0.25, 0.3) is 0 Å². The quantitative estimate of drug-likeness (QED) is 0.463. The minimum absolute atomic E-state index is 0.289. The maximum Gasteiger partial charge on any atom is 0.338 e. The fourth-order valence-corrected chi connectivity index (χ4v) is 3.01. The average molecular weight is 334 g/mol. The van der Waals surface area contributed by atoms with Crippen LogP contribution in [0, 0.1) is 0 Å².